The lowest BCUT2D eigenvalue weighted by Gasteiger charge is -2.13. The Morgan fingerprint density at radius 1 is 1.38 bits per heavy atom. The SMILES string of the molecule is C=C/C(OC/C=C(C)\C(=C(\F)CC)n1ncc(C(=O)c2cc3cc(N[S+](C)[O-])c(Cl)cc3[nH]2)c1N)=C(F)\C=C/C. The molecule has 0 aliphatic heterocycles. The molecule has 0 saturated carbocycles. The van der Waals surface area contributed by atoms with E-state index in [1.54, 1.807) is 45.0 Å². The number of nitrogens with zero attached hydrogens (tertiary/aromatic N) is 2. The van der Waals surface area contributed by atoms with Crippen molar-refractivity contribution in [2.24, 2.45) is 0 Å². The van der Waals surface area contributed by atoms with Crippen LogP contribution < -0.4 is 10.5 Å². The van der Waals surface area contributed by atoms with E-state index in [1.807, 2.05) is 0 Å². The molecule has 8 nitrogen and oxygen atoms in total. The molecule has 0 radical (unpaired) electrons. The fraction of sp³-hybridized carbons (Fsp3) is 0.214. The van der Waals surface area contributed by atoms with Crippen molar-refractivity contribution < 1.29 is 22.9 Å². The lowest BCUT2D eigenvalue weighted by Crippen LogP contribution is -2.10. The van der Waals surface area contributed by atoms with E-state index in [4.69, 9.17) is 22.1 Å². The molecule has 1 atom stereocenters. The summed E-state index contributed by atoms with van der Waals surface area (Å²) in [6.07, 6.45) is 8.34. The molecule has 3 rings (SSSR count). The Balaban J connectivity index is 1.93. The molecule has 0 aliphatic rings. The van der Waals surface area contributed by atoms with Crippen LogP contribution in [0.15, 0.2) is 78.3 Å². The second-order valence-electron chi connectivity index (χ2n) is 8.56. The van der Waals surface area contributed by atoms with Gasteiger partial charge in [-0.05, 0) is 62.3 Å². The highest BCUT2D eigenvalue weighted by Gasteiger charge is 2.23. The Morgan fingerprint density at radius 3 is 2.73 bits per heavy atom. The van der Waals surface area contributed by atoms with Gasteiger partial charge in [0.1, 0.15) is 35.9 Å². The molecule has 0 saturated heterocycles. The fourth-order valence-corrected chi connectivity index (χ4v) is 4.58. The third-order valence-corrected chi connectivity index (χ3v) is 6.59. The van der Waals surface area contributed by atoms with Crippen molar-refractivity contribution in [1.82, 2.24) is 14.8 Å². The minimum Gasteiger partial charge on any atom is -0.593 e. The minimum atomic E-state index is -1.34. The van der Waals surface area contributed by atoms with Crippen LogP contribution in [0.25, 0.3) is 16.6 Å². The zero-order valence-electron chi connectivity index (χ0n) is 22.5. The van der Waals surface area contributed by atoms with Crippen molar-refractivity contribution in [2.45, 2.75) is 27.2 Å². The number of anilines is 2. The van der Waals surface area contributed by atoms with Crippen molar-refractivity contribution in [3.63, 3.8) is 0 Å². The van der Waals surface area contributed by atoms with Crippen molar-refractivity contribution in [2.75, 3.05) is 23.3 Å². The van der Waals surface area contributed by atoms with Gasteiger partial charge < -0.3 is 20.0 Å². The van der Waals surface area contributed by atoms with Crippen LogP contribution in [0.2, 0.25) is 5.02 Å². The number of ketones is 1. The van der Waals surface area contributed by atoms with Gasteiger partial charge in [-0.2, -0.15) is 5.10 Å². The van der Waals surface area contributed by atoms with Crippen LogP contribution in [-0.4, -0.2) is 38.0 Å². The maximum absolute atomic E-state index is 15.1. The average molecular weight is 590 g/mol. The Labute approximate surface area is 239 Å². The van der Waals surface area contributed by atoms with E-state index in [2.05, 4.69) is 21.4 Å². The highest BCUT2D eigenvalue weighted by atomic mass is 35.5. The number of carbonyl (C=O) groups is 1. The number of allylic oxidation sites excluding steroid dienone is 7. The van der Waals surface area contributed by atoms with E-state index in [-0.39, 0.29) is 41.6 Å². The van der Waals surface area contributed by atoms with Crippen LogP contribution in [0.5, 0.6) is 0 Å². The van der Waals surface area contributed by atoms with E-state index in [1.165, 1.54) is 30.7 Å². The summed E-state index contributed by atoms with van der Waals surface area (Å²) in [4.78, 5) is 16.4. The molecular weight excluding hydrogens is 560 g/mol. The molecule has 4 N–H and O–H groups in total. The predicted octanol–water partition coefficient (Wildman–Crippen LogP) is 6.99. The van der Waals surface area contributed by atoms with Crippen LogP contribution >= 0.6 is 11.6 Å². The van der Waals surface area contributed by atoms with Crippen LogP contribution in [0.1, 0.15) is 43.2 Å². The molecule has 0 aliphatic carbocycles. The van der Waals surface area contributed by atoms with E-state index < -0.39 is 28.8 Å². The number of aromatic nitrogens is 3. The van der Waals surface area contributed by atoms with E-state index >= 15 is 4.39 Å². The molecular formula is C28H30ClF2N5O3S. The zero-order chi connectivity index (χ0) is 29.6. The van der Waals surface area contributed by atoms with Crippen molar-refractivity contribution >= 4 is 56.9 Å². The van der Waals surface area contributed by atoms with Crippen molar-refractivity contribution in [3.8, 4) is 0 Å². The number of nitrogens with one attached hydrogen (secondary N) is 2. The largest absolute Gasteiger partial charge is 0.593 e. The molecule has 0 fully saturated rings. The van der Waals surface area contributed by atoms with Gasteiger partial charge in [-0.3, -0.25) is 4.79 Å². The number of ether oxygens (including phenoxy) is 1. The summed E-state index contributed by atoms with van der Waals surface area (Å²) in [7, 11) is 0. The van der Waals surface area contributed by atoms with Crippen LogP contribution in [0.4, 0.5) is 20.3 Å². The summed E-state index contributed by atoms with van der Waals surface area (Å²) >= 11 is 4.93. The molecule has 1 aromatic carbocycles. The maximum Gasteiger partial charge on any atom is 0.214 e. The standard InChI is InChI=1S/C28H30ClF2N5O3S/c1-6-9-21(31)25(8-3)39-11-10-16(4)26(20(30)7-2)36-28(32)18(15-33-36)27(37)24-13-17-12-23(35-40(5)38)19(29)14-22(17)34-24/h6,8-10,12-15,34-35H,3,7,11,32H2,1-2,4-5H3/b9-6-,16-10-,25-21-,26-20-. The summed E-state index contributed by atoms with van der Waals surface area (Å²) in [6, 6.07) is 4.89. The number of halogens is 3. The summed E-state index contributed by atoms with van der Waals surface area (Å²) in [5.74, 6) is -1.70. The van der Waals surface area contributed by atoms with Gasteiger partial charge >= 0.3 is 0 Å². The quantitative estimate of drug-likeness (QED) is 0.0906. The first-order valence-electron chi connectivity index (χ1n) is 12.2. The number of benzene rings is 1. The Kier molecular flexibility index (Phi) is 10.4. The predicted molar refractivity (Wildman–Crippen MR) is 159 cm³/mol. The fourth-order valence-electron chi connectivity index (χ4n) is 3.84. The number of H-pyrrole nitrogens is 1. The highest BCUT2D eigenvalue weighted by Crippen LogP contribution is 2.31. The number of aromatic amines is 1. The molecule has 3 aromatic rings. The highest BCUT2D eigenvalue weighted by molar-refractivity contribution is 7.92. The van der Waals surface area contributed by atoms with Gasteiger partial charge in [0, 0.05) is 10.9 Å². The third-order valence-electron chi connectivity index (χ3n) is 5.77. The van der Waals surface area contributed by atoms with Gasteiger partial charge in [-0.15, -0.1) is 0 Å². The Hall–Kier alpha value is -3.80. The topological polar surface area (TPSA) is 121 Å². The van der Waals surface area contributed by atoms with Crippen LogP contribution in [-0.2, 0) is 16.1 Å². The number of rotatable bonds is 12. The number of hydrogen-bond donors (Lipinski definition) is 3. The first kappa shape index (κ1) is 30.7. The first-order chi connectivity index (χ1) is 19.0. The Bertz CT molecular complexity index is 1550. The molecule has 40 heavy (non-hydrogen) atoms. The molecule has 0 amide bonds. The van der Waals surface area contributed by atoms with E-state index in [0.29, 0.717) is 27.2 Å². The monoisotopic (exact) mass is 589 g/mol. The van der Waals surface area contributed by atoms with Gasteiger partial charge in [0.25, 0.3) is 0 Å². The van der Waals surface area contributed by atoms with E-state index in [9.17, 15) is 13.7 Å². The number of carbonyl (C=O) groups excluding carboxylic acids is 1. The molecule has 0 spiro atoms. The second-order valence-corrected chi connectivity index (χ2v) is 10.1. The summed E-state index contributed by atoms with van der Waals surface area (Å²) in [5.41, 5.74) is 8.07. The maximum atomic E-state index is 15.1. The summed E-state index contributed by atoms with van der Waals surface area (Å²) < 4.78 is 50.0. The first-order valence-corrected chi connectivity index (χ1v) is 14.1. The molecule has 12 heteroatoms. The third kappa shape index (κ3) is 6.85. The number of nitrogens with two attached hydrogens (primary N) is 1. The molecule has 1 unspecified atom stereocenters. The lowest BCUT2D eigenvalue weighted by molar-refractivity contribution is 0.103. The normalized spacial score (nSPS) is 14.2. The zero-order valence-corrected chi connectivity index (χ0v) is 24.1. The molecule has 0 bridgehead atoms. The summed E-state index contributed by atoms with van der Waals surface area (Å²) in [6.45, 7) is 8.39. The van der Waals surface area contributed by atoms with Crippen molar-refractivity contribution in [3.05, 3.63) is 94.5 Å². The Morgan fingerprint density at radius 2 is 2.10 bits per heavy atom. The molecule has 212 valence electrons. The van der Waals surface area contributed by atoms with Crippen LogP contribution in [0.3, 0.4) is 0 Å². The van der Waals surface area contributed by atoms with Crippen molar-refractivity contribution in [1.29, 1.82) is 0 Å². The molecule has 2 heterocycles. The van der Waals surface area contributed by atoms with Gasteiger partial charge in [0.05, 0.1) is 33.8 Å². The number of hydrogen-bond acceptors (Lipinski definition) is 6. The van der Waals surface area contributed by atoms with Crippen LogP contribution in [0, 0.1) is 0 Å². The smallest absolute Gasteiger partial charge is 0.214 e. The number of fused-ring (bicyclic) bond motifs is 1. The van der Waals surface area contributed by atoms with Gasteiger partial charge in [-0.1, -0.05) is 31.2 Å². The minimum absolute atomic E-state index is 0.0410. The van der Waals surface area contributed by atoms with Gasteiger partial charge in [0.2, 0.25) is 5.78 Å². The lowest BCUT2D eigenvalue weighted by atomic mass is 10.1. The molecule has 2 aromatic heterocycles. The van der Waals surface area contributed by atoms with Gasteiger partial charge in [-0.25, -0.2) is 18.2 Å². The summed E-state index contributed by atoms with van der Waals surface area (Å²) in [5, 5.41) is 5.18. The van der Waals surface area contributed by atoms with Gasteiger partial charge in [0.15, 0.2) is 11.6 Å². The average Bonchev–Trinajstić information content (AvgIpc) is 3.49. The number of nitrogen functional groups attached to an aromatic ring is 1. The second kappa shape index (κ2) is 13.5. The van der Waals surface area contributed by atoms with E-state index in [0.717, 1.165) is 4.68 Å².